The number of benzene rings is 1. The predicted octanol–water partition coefficient (Wildman–Crippen LogP) is 2.62. The molecule has 0 amide bonds. The van der Waals surface area contributed by atoms with Crippen LogP contribution in [0.2, 0.25) is 0 Å². The summed E-state index contributed by atoms with van der Waals surface area (Å²) < 4.78 is 7.98. The Labute approximate surface area is 99.0 Å². The second-order valence-corrected chi connectivity index (χ2v) is 4.35. The molecule has 0 unspecified atom stereocenters. The summed E-state index contributed by atoms with van der Waals surface area (Å²) >= 11 is 2.21. The van der Waals surface area contributed by atoms with Crippen molar-refractivity contribution in [3.05, 3.63) is 40.2 Å². The molecule has 0 bridgehead atoms. The maximum atomic E-state index is 5.20. The number of aromatic nitrogens is 3. The number of hydrogen-bond acceptors (Lipinski definition) is 3. The number of para-hydroxylation sites is 1. The quantitative estimate of drug-likeness (QED) is 0.649. The third-order valence-electron chi connectivity index (χ3n) is 2.13. The fourth-order valence-corrected chi connectivity index (χ4v) is 1.84. The van der Waals surface area contributed by atoms with Crippen LogP contribution in [0.5, 0.6) is 0 Å². The second kappa shape index (κ2) is 3.34. The molecule has 2 aromatic heterocycles. The Balaban J connectivity index is 2.27. The lowest BCUT2D eigenvalue weighted by Gasteiger charge is -1.93. The molecule has 15 heavy (non-hydrogen) atoms. The highest BCUT2D eigenvalue weighted by Gasteiger charge is 2.09. The Morgan fingerprint density at radius 3 is 2.93 bits per heavy atom. The molecule has 0 aliphatic rings. The fourth-order valence-electron chi connectivity index (χ4n) is 1.45. The molecule has 3 rings (SSSR count). The third-order valence-corrected chi connectivity index (χ3v) is 2.68. The SMILES string of the molecule is Ic1cnn(-c2noc3ccccc23)c1. The molecule has 5 heteroatoms. The van der Waals surface area contributed by atoms with Crippen molar-refractivity contribution in [3.63, 3.8) is 0 Å². The van der Waals surface area contributed by atoms with Gasteiger partial charge in [-0.15, -0.1) is 0 Å². The zero-order chi connectivity index (χ0) is 10.3. The van der Waals surface area contributed by atoms with Crippen molar-refractivity contribution < 1.29 is 4.52 Å². The number of halogens is 1. The molecular weight excluding hydrogens is 305 g/mol. The number of nitrogens with zero attached hydrogens (tertiary/aromatic N) is 3. The van der Waals surface area contributed by atoms with E-state index in [1.165, 1.54) is 0 Å². The molecule has 4 nitrogen and oxygen atoms in total. The molecule has 0 aliphatic carbocycles. The van der Waals surface area contributed by atoms with Gasteiger partial charge < -0.3 is 4.52 Å². The molecule has 0 saturated heterocycles. The third kappa shape index (κ3) is 1.43. The first-order valence-electron chi connectivity index (χ1n) is 4.39. The van der Waals surface area contributed by atoms with Crippen LogP contribution >= 0.6 is 22.6 Å². The maximum Gasteiger partial charge on any atom is 0.204 e. The van der Waals surface area contributed by atoms with Gasteiger partial charge in [0.2, 0.25) is 5.82 Å². The van der Waals surface area contributed by atoms with Crippen LogP contribution in [0.25, 0.3) is 16.8 Å². The summed E-state index contributed by atoms with van der Waals surface area (Å²) in [7, 11) is 0. The van der Waals surface area contributed by atoms with Gasteiger partial charge in [0.15, 0.2) is 5.58 Å². The summed E-state index contributed by atoms with van der Waals surface area (Å²) in [6.07, 6.45) is 3.69. The van der Waals surface area contributed by atoms with Crippen molar-refractivity contribution in [2.45, 2.75) is 0 Å². The maximum absolute atomic E-state index is 5.20. The molecule has 0 N–H and O–H groups in total. The molecule has 0 aliphatic heterocycles. The van der Waals surface area contributed by atoms with Crippen LogP contribution in [0.15, 0.2) is 41.2 Å². The van der Waals surface area contributed by atoms with Crippen LogP contribution in [-0.2, 0) is 0 Å². The van der Waals surface area contributed by atoms with E-state index in [9.17, 15) is 0 Å². The van der Waals surface area contributed by atoms with Gasteiger partial charge in [-0.3, -0.25) is 0 Å². The van der Waals surface area contributed by atoms with Gasteiger partial charge in [-0.1, -0.05) is 17.3 Å². The average molecular weight is 311 g/mol. The number of hydrogen-bond donors (Lipinski definition) is 0. The molecule has 0 atom stereocenters. The Morgan fingerprint density at radius 1 is 1.27 bits per heavy atom. The lowest BCUT2D eigenvalue weighted by atomic mass is 10.2. The van der Waals surface area contributed by atoms with Gasteiger partial charge in [-0.25, -0.2) is 4.68 Å². The minimum atomic E-state index is 0.730. The van der Waals surface area contributed by atoms with E-state index in [1.807, 2.05) is 30.5 Å². The molecule has 1 aromatic carbocycles. The van der Waals surface area contributed by atoms with Crippen molar-refractivity contribution in [1.29, 1.82) is 0 Å². The van der Waals surface area contributed by atoms with Crippen molar-refractivity contribution in [2.24, 2.45) is 0 Å². The first-order valence-corrected chi connectivity index (χ1v) is 5.47. The van der Waals surface area contributed by atoms with Crippen LogP contribution in [0.3, 0.4) is 0 Å². The van der Waals surface area contributed by atoms with Crippen LogP contribution in [0.4, 0.5) is 0 Å². The van der Waals surface area contributed by atoms with E-state index in [0.29, 0.717) is 0 Å². The average Bonchev–Trinajstić information content (AvgIpc) is 2.83. The highest BCUT2D eigenvalue weighted by molar-refractivity contribution is 14.1. The first-order chi connectivity index (χ1) is 7.34. The molecule has 74 valence electrons. The Morgan fingerprint density at radius 2 is 2.13 bits per heavy atom. The highest BCUT2D eigenvalue weighted by atomic mass is 127. The topological polar surface area (TPSA) is 43.9 Å². The lowest BCUT2D eigenvalue weighted by molar-refractivity contribution is 0.449. The lowest BCUT2D eigenvalue weighted by Crippen LogP contribution is -1.94. The Hall–Kier alpha value is -1.37. The van der Waals surface area contributed by atoms with Crippen molar-refractivity contribution >= 4 is 33.6 Å². The van der Waals surface area contributed by atoms with Crippen molar-refractivity contribution in [2.75, 3.05) is 0 Å². The summed E-state index contributed by atoms with van der Waals surface area (Å²) in [4.78, 5) is 0. The van der Waals surface area contributed by atoms with Gasteiger partial charge in [-0.2, -0.15) is 5.10 Å². The minimum absolute atomic E-state index is 0.730. The van der Waals surface area contributed by atoms with Crippen molar-refractivity contribution in [3.8, 4) is 5.82 Å². The van der Waals surface area contributed by atoms with E-state index in [1.54, 1.807) is 10.9 Å². The van der Waals surface area contributed by atoms with E-state index in [4.69, 9.17) is 4.52 Å². The van der Waals surface area contributed by atoms with Crippen LogP contribution in [0, 0.1) is 3.57 Å². The molecule has 0 fully saturated rings. The van der Waals surface area contributed by atoms with Gasteiger partial charge in [-0.05, 0) is 34.7 Å². The second-order valence-electron chi connectivity index (χ2n) is 3.11. The molecule has 3 aromatic rings. The standard InChI is InChI=1S/C10H6IN3O/c11-7-5-12-14(6-7)10-8-3-1-2-4-9(8)15-13-10/h1-6H. The van der Waals surface area contributed by atoms with Crippen molar-refractivity contribution in [1.82, 2.24) is 14.9 Å². The van der Waals surface area contributed by atoms with Crippen LogP contribution in [-0.4, -0.2) is 14.9 Å². The summed E-state index contributed by atoms with van der Waals surface area (Å²) in [6.45, 7) is 0. The zero-order valence-electron chi connectivity index (χ0n) is 7.59. The minimum Gasteiger partial charge on any atom is -0.354 e. The molecule has 0 saturated carbocycles. The Bertz CT molecular complexity index is 614. The largest absolute Gasteiger partial charge is 0.354 e. The zero-order valence-corrected chi connectivity index (χ0v) is 9.75. The number of rotatable bonds is 1. The van der Waals surface area contributed by atoms with Gasteiger partial charge in [0.1, 0.15) is 0 Å². The van der Waals surface area contributed by atoms with Gasteiger partial charge in [0, 0.05) is 6.20 Å². The fraction of sp³-hybridized carbons (Fsp3) is 0. The number of fused-ring (bicyclic) bond motifs is 1. The van der Waals surface area contributed by atoms with Gasteiger partial charge >= 0.3 is 0 Å². The van der Waals surface area contributed by atoms with E-state index < -0.39 is 0 Å². The van der Waals surface area contributed by atoms with E-state index in [-0.39, 0.29) is 0 Å². The molecule has 0 radical (unpaired) electrons. The van der Waals surface area contributed by atoms with Gasteiger partial charge in [0.05, 0.1) is 15.2 Å². The summed E-state index contributed by atoms with van der Waals surface area (Å²) in [5.41, 5.74) is 0.776. The summed E-state index contributed by atoms with van der Waals surface area (Å²) in [5.74, 6) is 0.730. The molecular formula is C10H6IN3O. The molecule has 2 heterocycles. The Kier molecular flexibility index (Phi) is 1.98. The normalized spacial score (nSPS) is 11.0. The molecule has 0 spiro atoms. The monoisotopic (exact) mass is 311 g/mol. The first kappa shape index (κ1) is 8.90. The van der Waals surface area contributed by atoms with Gasteiger partial charge in [0.25, 0.3) is 0 Å². The smallest absolute Gasteiger partial charge is 0.204 e. The highest BCUT2D eigenvalue weighted by Crippen LogP contribution is 2.21. The van der Waals surface area contributed by atoms with E-state index >= 15 is 0 Å². The summed E-state index contributed by atoms with van der Waals surface area (Å²) in [6, 6.07) is 7.73. The van der Waals surface area contributed by atoms with E-state index in [0.717, 1.165) is 20.4 Å². The van der Waals surface area contributed by atoms with Crippen LogP contribution < -0.4 is 0 Å². The van der Waals surface area contributed by atoms with Crippen LogP contribution in [0.1, 0.15) is 0 Å². The summed E-state index contributed by atoms with van der Waals surface area (Å²) in [5, 5.41) is 9.17. The van der Waals surface area contributed by atoms with E-state index in [2.05, 4.69) is 32.8 Å². The predicted molar refractivity (Wildman–Crippen MR) is 63.8 cm³/mol.